The van der Waals surface area contributed by atoms with Crippen LogP contribution in [0.5, 0.6) is 0 Å². The molecular weight excluding hydrogens is 693 g/mol. The first-order chi connectivity index (χ1) is 27.6. The van der Waals surface area contributed by atoms with E-state index in [1.807, 2.05) is 18.2 Å². The largest absolute Gasteiger partial charge is 0.309 e. The second-order valence-electron chi connectivity index (χ2n) is 17.0. The second-order valence-corrected chi connectivity index (χ2v) is 17.0. The van der Waals surface area contributed by atoms with Crippen molar-refractivity contribution >= 4 is 21.8 Å². The van der Waals surface area contributed by atoms with E-state index < -0.39 is 0 Å². The van der Waals surface area contributed by atoms with Crippen molar-refractivity contribution in [2.45, 2.75) is 51.9 Å². The van der Waals surface area contributed by atoms with Gasteiger partial charge in [-0.1, -0.05) is 149 Å². The van der Waals surface area contributed by atoms with Crippen LogP contribution in [0.1, 0.15) is 50.8 Å². The fraction of sp³-hybridized carbons (Fsp3) is 0.151. The quantitative estimate of drug-likeness (QED) is 0.171. The Bertz CT molecular complexity index is 2990. The van der Waals surface area contributed by atoms with Crippen LogP contribution in [-0.2, 0) is 10.8 Å². The molecule has 0 saturated heterocycles. The van der Waals surface area contributed by atoms with Gasteiger partial charge in [-0.25, -0.2) is 15.0 Å². The Balaban J connectivity index is 1.09. The molecule has 57 heavy (non-hydrogen) atoms. The molecule has 10 rings (SSSR count). The molecule has 276 valence electrons. The van der Waals surface area contributed by atoms with Crippen molar-refractivity contribution in [2.24, 2.45) is 0 Å². The van der Waals surface area contributed by atoms with Gasteiger partial charge in [0.15, 0.2) is 17.5 Å². The molecule has 0 bridgehead atoms. The lowest BCUT2D eigenvalue weighted by Gasteiger charge is -2.22. The van der Waals surface area contributed by atoms with Crippen molar-refractivity contribution in [2.75, 3.05) is 0 Å². The van der Waals surface area contributed by atoms with Gasteiger partial charge in [0.2, 0.25) is 0 Å². The number of benzene rings is 7. The first-order valence-corrected chi connectivity index (χ1v) is 19.9. The third-order valence-electron chi connectivity index (χ3n) is 11.8. The summed E-state index contributed by atoms with van der Waals surface area (Å²) in [5, 5.41) is 2.47. The molecule has 9 aromatic rings. The first-order valence-electron chi connectivity index (χ1n) is 19.9. The van der Waals surface area contributed by atoms with Gasteiger partial charge in [-0.3, -0.25) is 0 Å². The highest BCUT2D eigenvalue weighted by atomic mass is 15.0. The lowest BCUT2D eigenvalue weighted by Crippen LogP contribution is -2.17. The van der Waals surface area contributed by atoms with Crippen molar-refractivity contribution in [1.82, 2.24) is 19.5 Å². The summed E-state index contributed by atoms with van der Waals surface area (Å²) in [4.78, 5) is 15.5. The van der Waals surface area contributed by atoms with Crippen LogP contribution < -0.4 is 0 Å². The van der Waals surface area contributed by atoms with Crippen LogP contribution in [0.3, 0.4) is 0 Å². The Morgan fingerprint density at radius 2 is 0.947 bits per heavy atom. The summed E-state index contributed by atoms with van der Waals surface area (Å²) in [6, 6.07) is 58.6. The van der Waals surface area contributed by atoms with Gasteiger partial charge in [-0.05, 0) is 106 Å². The maximum absolute atomic E-state index is 5.22. The molecule has 0 aliphatic heterocycles. The standard InChI is InChI=1S/C53H44N4/c1-34-27-40(37-24-26-45-46(31-37)53(4,5)33-52(45,2)3)30-41(28-34)51-55-49(35-15-8-6-9-16-35)54-50(56-51)39-18-14-17-36(29-39)38-23-25-44-43-21-12-13-22-47(43)57(48(44)32-38)42-19-10-7-11-20-42/h6-32H,33H2,1-5H3. The number of hydrogen-bond donors (Lipinski definition) is 0. The zero-order valence-corrected chi connectivity index (χ0v) is 33.1. The van der Waals surface area contributed by atoms with Gasteiger partial charge in [0.05, 0.1) is 11.0 Å². The maximum Gasteiger partial charge on any atom is 0.164 e. The first kappa shape index (κ1) is 34.8. The molecular formula is C53H44N4. The van der Waals surface area contributed by atoms with Gasteiger partial charge in [0.1, 0.15) is 0 Å². The molecule has 0 spiro atoms. The van der Waals surface area contributed by atoms with Crippen molar-refractivity contribution in [3.8, 4) is 62.1 Å². The lowest BCUT2D eigenvalue weighted by molar-refractivity contribution is 0.403. The van der Waals surface area contributed by atoms with Gasteiger partial charge >= 0.3 is 0 Å². The van der Waals surface area contributed by atoms with Crippen LogP contribution >= 0.6 is 0 Å². The average Bonchev–Trinajstić information content (AvgIpc) is 3.66. The summed E-state index contributed by atoms with van der Waals surface area (Å²) in [5.74, 6) is 1.95. The minimum absolute atomic E-state index is 0.121. The predicted molar refractivity (Wildman–Crippen MR) is 237 cm³/mol. The van der Waals surface area contributed by atoms with E-state index >= 15 is 0 Å². The molecule has 0 saturated carbocycles. The highest BCUT2D eigenvalue weighted by Crippen LogP contribution is 2.50. The molecule has 0 fully saturated rings. The number of hydrogen-bond acceptors (Lipinski definition) is 3. The number of para-hydroxylation sites is 2. The highest BCUT2D eigenvalue weighted by Gasteiger charge is 2.41. The summed E-state index contributed by atoms with van der Waals surface area (Å²) in [6.07, 6.45) is 1.14. The predicted octanol–water partition coefficient (Wildman–Crippen LogP) is 13.6. The van der Waals surface area contributed by atoms with Crippen LogP contribution in [-0.4, -0.2) is 19.5 Å². The SMILES string of the molecule is Cc1cc(-c2ccc3c(c2)C(C)(C)CC3(C)C)cc(-c2nc(-c3ccccc3)nc(-c3cccc(-c4ccc5c6ccccc6n(-c6ccccc6)c5c4)c3)n2)c1. The summed E-state index contributed by atoms with van der Waals surface area (Å²) < 4.78 is 2.36. The fourth-order valence-electron chi connectivity index (χ4n) is 9.44. The maximum atomic E-state index is 5.22. The van der Waals surface area contributed by atoms with Crippen molar-refractivity contribution in [1.29, 1.82) is 0 Å². The molecule has 0 atom stereocenters. The van der Waals surface area contributed by atoms with Gasteiger partial charge < -0.3 is 4.57 Å². The molecule has 2 aromatic heterocycles. The van der Waals surface area contributed by atoms with Crippen molar-refractivity contribution < 1.29 is 0 Å². The van der Waals surface area contributed by atoms with E-state index in [1.165, 1.54) is 44.1 Å². The molecule has 0 unspecified atom stereocenters. The number of rotatable bonds is 6. The van der Waals surface area contributed by atoms with E-state index in [1.54, 1.807) is 0 Å². The molecule has 0 N–H and O–H groups in total. The summed E-state index contributed by atoms with van der Waals surface area (Å²) in [7, 11) is 0. The van der Waals surface area contributed by atoms with E-state index in [9.17, 15) is 0 Å². The van der Waals surface area contributed by atoms with E-state index in [2.05, 4.69) is 185 Å². The lowest BCUT2D eigenvalue weighted by atomic mass is 9.82. The zero-order chi connectivity index (χ0) is 38.9. The Labute approximate surface area is 334 Å². The zero-order valence-electron chi connectivity index (χ0n) is 33.1. The third-order valence-corrected chi connectivity index (χ3v) is 11.8. The van der Waals surface area contributed by atoms with Crippen molar-refractivity contribution in [3.63, 3.8) is 0 Å². The van der Waals surface area contributed by atoms with Crippen LogP contribution in [0, 0.1) is 6.92 Å². The monoisotopic (exact) mass is 736 g/mol. The smallest absolute Gasteiger partial charge is 0.164 e. The van der Waals surface area contributed by atoms with Gasteiger partial charge in [-0.15, -0.1) is 0 Å². The summed E-state index contributed by atoms with van der Waals surface area (Å²) in [5.41, 5.74) is 15.3. The number of aryl methyl sites for hydroxylation is 1. The second kappa shape index (κ2) is 13.2. The van der Waals surface area contributed by atoms with E-state index in [0.29, 0.717) is 17.5 Å². The Hall–Kier alpha value is -6.65. The molecule has 7 aromatic carbocycles. The van der Waals surface area contributed by atoms with Crippen LogP contribution in [0.4, 0.5) is 0 Å². The fourth-order valence-corrected chi connectivity index (χ4v) is 9.44. The molecule has 0 amide bonds. The number of fused-ring (bicyclic) bond motifs is 4. The number of aromatic nitrogens is 4. The average molecular weight is 737 g/mol. The summed E-state index contributed by atoms with van der Waals surface area (Å²) >= 11 is 0. The highest BCUT2D eigenvalue weighted by molar-refractivity contribution is 6.10. The minimum atomic E-state index is 0.121. The van der Waals surface area contributed by atoms with Gasteiger partial charge in [-0.2, -0.15) is 0 Å². The van der Waals surface area contributed by atoms with Crippen LogP contribution in [0.15, 0.2) is 164 Å². The van der Waals surface area contributed by atoms with Crippen LogP contribution in [0.25, 0.3) is 83.9 Å². The Morgan fingerprint density at radius 1 is 0.404 bits per heavy atom. The molecule has 4 nitrogen and oxygen atoms in total. The van der Waals surface area contributed by atoms with E-state index in [0.717, 1.165) is 45.5 Å². The molecule has 0 radical (unpaired) electrons. The Morgan fingerprint density at radius 3 is 1.74 bits per heavy atom. The van der Waals surface area contributed by atoms with Gasteiger partial charge in [0, 0.05) is 33.2 Å². The van der Waals surface area contributed by atoms with E-state index in [4.69, 9.17) is 15.0 Å². The molecule has 2 heterocycles. The van der Waals surface area contributed by atoms with Crippen LogP contribution in [0.2, 0.25) is 0 Å². The molecule has 1 aliphatic carbocycles. The van der Waals surface area contributed by atoms with E-state index in [-0.39, 0.29) is 10.8 Å². The number of nitrogens with zero attached hydrogens (tertiary/aromatic N) is 4. The minimum Gasteiger partial charge on any atom is -0.309 e. The Kier molecular flexibility index (Phi) is 8.09. The molecule has 1 aliphatic rings. The van der Waals surface area contributed by atoms with Gasteiger partial charge in [0.25, 0.3) is 0 Å². The molecule has 4 heteroatoms. The third kappa shape index (κ3) is 6.13. The van der Waals surface area contributed by atoms with Crippen molar-refractivity contribution in [3.05, 3.63) is 180 Å². The topological polar surface area (TPSA) is 43.6 Å². The summed E-state index contributed by atoms with van der Waals surface area (Å²) in [6.45, 7) is 11.6. The normalized spacial score (nSPS) is 14.3.